The number of hydrogen-bond acceptors (Lipinski definition) is 5. The van der Waals surface area contributed by atoms with Gasteiger partial charge in [-0.15, -0.1) is 12.4 Å². The lowest BCUT2D eigenvalue weighted by atomic mass is 10.0. The number of carbonyl (C=O) groups excluding carboxylic acids is 1. The van der Waals surface area contributed by atoms with E-state index in [0.717, 1.165) is 35.4 Å². The van der Waals surface area contributed by atoms with Crippen LogP contribution in [0.1, 0.15) is 49.9 Å². The molecule has 0 saturated heterocycles. The fourth-order valence-corrected chi connectivity index (χ4v) is 2.82. The molecule has 0 bridgehead atoms. The van der Waals surface area contributed by atoms with Gasteiger partial charge < -0.3 is 20.5 Å². The van der Waals surface area contributed by atoms with Gasteiger partial charge in [0.25, 0.3) is 0 Å². The summed E-state index contributed by atoms with van der Waals surface area (Å²) in [5.74, 6) is 0.507. The predicted octanol–water partition coefficient (Wildman–Crippen LogP) is 4.46. The average Bonchev–Trinajstić information content (AvgIpc) is 2.70. The van der Waals surface area contributed by atoms with E-state index in [1.807, 2.05) is 18.2 Å². The fraction of sp³-hybridized carbons (Fsp3) is 0.364. The van der Waals surface area contributed by atoms with Gasteiger partial charge in [-0.25, -0.2) is 4.79 Å². The van der Waals surface area contributed by atoms with Gasteiger partial charge in [-0.2, -0.15) is 0 Å². The van der Waals surface area contributed by atoms with Gasteiger partial charge >= 0.3 is 5.97 Å². The molecule has 2 aromatic carbocycles. The molecular formula is C22H30ClN3O3. The molecule has 7 heteroatoms. The third kappa shape index (κ3) is 6.68. The molecule has 1 unspecified atom stereocenters. The zero-order valence-electron chi connectivity index (χ0n) is 17.2. The Balaban J connectivity index is 0.00000420. The van der Waals surface area contributed by atoms with Crippen molar-refractivity contribution in [1.82, 2.24) is 0 Å². The first-order chi connectivity index (χ1) is 13.5. The highest BCUT2D eigenvalue weighted by atomic mass is 35.5. The summed E-state index contributed by atoms with van der Waals surface area (Å²) in [6.07, 6.45) is 1.74. The summed E-state index contributed by atoms with van der Waals surface area (Å²) in [6, 6.07) is 12.2. The van der Waals surface area contributed by atoms with Gasteiger partial charge in [0.1, 0.15) is 11.6 Å². The highest BCUT2D eigenvalue weighted by Crippen LogP contribution is 2.27. The molecule has 4 N–H and O–H groups in total. The number of nitrogen functional groups attached to an aromatic ring is 1. The Bertz CT molecular complexity index is 809. The number of rotatable bonds is 10. The van der Waals surface area contributed by atoms with Crippen molar-refractivity contribution in [1.29, 1.82) is 5.41 Å². The summed E-state index contributed by atoms with van der Waals surface area (Å²) < 4.78 is 11.1. The Hall–Kier alpha value is -2.73. The average molecular weight is 420 g/mol. The van der Waals surface area contributed by atoms with Crippen molar-refractivity contribution in [2.24, 2.45) is 5.73 Å². The van der Waals surface area contributed by atoms with Crippen LogP contribution in [0.15, 0.2) is 42.5 Å². The Morgan fingerprint density at radius 3 is 2.38 bits per heavy atom. The number of nitrogens with two attached hydrogens (primary N) is 1. The summed E-state index contributed by atoms with van der Waals surface area (Å²) in [4.78, 5) is 12.6. The minimum Gasteiger partial charge on any atom is -0.493 e. The van der Waals surface area contributed by atoms with Crippen molar-refractivity contribution < 1.29 is 14.3 Å². The van der Waals surface area contributed by atoms with E-state index >= 15 is 0 Å². The van der Waals surface area contributed by atoms with Crippen molar-refractivity contribution in [3.63, 3.8) is 0 Å². The number of amidine groups is 1. The van der Waals surface area contributed by atoms with Crippen LogP contribution >= 0.6 is 12.4 Å². The molecule has 0 amide bonds. The number of ether oxygens (including phenoxy) is 2. The number of carbonyl (C=O) groups is 1. The number of aryl methyl sites for hydroxylation is 1. The molecule has 1 atom stereocenters. The molecule has 0 aromatic heterocycles. The smallest absolute Gasteiger partial charge is 0.333 e. The summed E-state index contributed by atoms with van der Waals surface area (Å²) in [5, 5.41) is 10.7. The maximum absolute atomic E-state index is 12.6. The molecule has 0 spiro atoms. The van der Waals surface area contributed by atoms with Crippen LogP contribution in [0.5, 0.6) is 5.75 Å². The zero-order chi connectivity index (χ0) is 20.5. The Morgan fingerprint density at radius 2 is 1.83 bits per heavy atom. The third-order valence-corrected chi connectivity index (χ3v) is 4.29. The van der Waals surface area contributed by atoms with E-state index in [1.165, 1.54) is 0 Å². The molecule has 2 rings (SSSR count). The van der Waals surface area contributed by atoms with E-state index in [0.29, 0.717) is 18.8 Å². The quantitative estimate of drug-likeness (QED) is 0.300. The van der Waals surface area contributed by atoms with Crippen LogP contribution < -0.4 is 15.8 Å². The number of esters is 1. The van der Waals surface area contributed by atoms with Crippen LogP contribution in [0.25, 0.3) is 0 Å². The molecule has 0 fully saturated rings. The van der Waals surface area contributed by atoms with Crippen LogP contribution in [0.4, 0.5) is 5.69 Å². The number of hydrogen-bond donors (Lipinski definition) is 3. The fourth-order valence-electron chi connectivity index (χ4n) is 2.82. The summed E-state index contributed by atoms with van der Waals surface area (Å²) >= 11 is 0. The van der Waals surface area contributed by atoms with Gasteiger partial charge in [-0.1, -0.05) is 19.9 Å². The molecule has 158 valence electrons. The van der Waals surface area contributed by atoms with Crippen LogP contribution in [0.3, 0.4) is 0 Å². The van der Waals surface area contributed by atoms with E-state index < -0.39 is 6.04 Å². The second-order valence-corrected chi connectivity index (χ2v) is 6.39. The lowest BCUT2D eigenvalue weighted by molar-refractivity contribution is -0.144. The number of benzene rings is 2. The minimum absolute atomic E-state index is 0. The lowest BCUT2D eigenvalue weighted by Gasteiger charge is -2.21. The number of anilines is 1. The van der Waals surface area contributed by atoms with Crippen molar-refractivity contribution >= 4 is 29.9 Å². The number of halogens is 1. The molecule has 0 saturated carbocycles. The molecule has 29 heavy (non-hydrogen) atoms. The minimum atomic E-state index is -0.645. The van der Waals surface area contributed by atoms with Crippen LogP contribution in [0.2, 0.25) is 0 Å². The standard InChI is InChI=1S/C22H29N3O3.ClH/c1-4-13-28-19-12-9-17(14-15(19)5-2)20(22(26)27-6-3)25-18-10-7-16(8-11-18)21(23)24;/h7-12,14,20,25H,4-6,13H2,1-3H3,(H3,23,24);1H. The second kappa shape index (κ2) is 12.0. The molecule has 2 aromatic rings. The summed E-state index contributed by atoms with van der Waals surface area (Å²) in [5.41, 5.74) is 8.74. The van der Waals surface area contributed by atoms with Crippen molar-refractivity contribution in [3.05, 3.63) is 59.2 Å². The van der Waals surface area contributed by atoms with Crippen molar-refractivity contribution in [3.8, 4) is 5.75 Å². The summed E-state index contributed by atoms with van der Waals surface area (Å²) in [7, 11) is 0. The van der Waals surface area contributed by atoms with Gasteiger partial charge in [-0.3, -0.25) is 5.41 Å². The SMILES string of the molecule is CCCOc1ccc(C(Nc2ccc(C(=N)N)cc2)C(=O)OCC)cc1CC.Cl. The van der Waals surface area contributed by atoms with Gasteiger partial charge in [0.2, 0.25) is 0 Å². The van der Waals surface area contributed by atoms with Gasteiger partial charge in [0.15, 0.2) is 6.04 Å². The highest BCUT2D eigenvalue weighted by Gasteiger charge is 2.23. The maximum atomic E-state index is 12.6. The zero-order valence-corrected chi connectivity index (χ0v) is 18.0. The molecule has 0 aliphatic heterocycles. The summed E-state index contributed by atoms with van der Waals surface area (Å²) in [6.45, 7) is 6.88. The first-order valence-electron chi connectivity index (χ1n) is 9.63. The van der Waals surface area contributed by atoms with E-state index in [9.17, 15) is 4.79 Å². The maximum Gasteiger partial charge on any atom is 0.333 e. The lowest BCUT2D eigenvalue weighted by Crippen LogP contribution is -2.23. The Labute approximate surface area is 178 Å². The normalized spacial score (nSPS) is 11.1. The van der Waals surface area contributed by atoms with Gasteiger partial charge in [0.05, 0.1) is 13.2 Å². The first-order valence-corrected chi connectivity index (χ1v) is 9.63. The van der Waals surface area contributed by atoms with E-state index in [1.54, 1.807) is 31.2 Å². The Kier molecular flexibility index (Phi) is 10.0. The molecule has 0 radical (unpaired) electrons. The van der Waals surface area contributed by atoms with Crippen LogP contribution in [-0.4, -0.2) is 25.0 Å². The van der Waals surface area contributed by atoms with E-state index in [4.69, 9.17) is 20.6 Å². The topological polar surface area (TPSA) is 97.4 Å². The van der Waals surface area contributed by atoms with Crippen molar-refractivity contribution in [2.45, 2.75) is 39.7 Å². The van der Waals surface area contributed by atoms with E-state index in [2.05, 4.69) is 19.2 Å². The molecule has 0 aliphatic rings. The monoisotopic (exact) mass is 419 g/mol. The Morgan fingerprint density at radius 1 is 1.14 bits per heavy atom. The molecular weight excluding hydrogens is 390 g/mol. The second-order valence-electron chi connectivity index (χ2n) is 6.39. The van der Waals surface area contributed by atoms with Crippen LogP contribution in [-0.2, 0) is 16.0 Å². The molecule has 0 aliphatic carbocycles. The van der Waals surface area contributed by atoms with E-state index in [-0.39, 0.29) is 24.2 Å². The highest BCUT2D eigenvalue weighted by molar-refractivity contribution is 5.95. The van der Waals surface area contributed by atoms with Crippen LogP contribution in [0, 0.1) is 5.41 Å². The third-order valence-electron chi connectivity index (χ3n) is 4.29. The van der Waals surface area contributed by atoms with Gasteiger partial charge in [0, 0.05) is 11.3 Å². The molecule has 6 nitrogen and oxygen atoms in total. The van der Waals surface area contributed by atoms with Gasteiger partial charge in [-0.05, 0) is 67.3 Å². The number of nitrogens with one attached hydrogen (secondary N) is 2. The largest absolute Gasteiger partial charge is 0.493 e. The predicted molar refractivity (Wildman–Crippen MR) is 119 cm³/mol. The molecule has 0 heterocycles. The first kappa shape index (κ1) is 24.3. The van der Waals surface area contributed by atoms with Crippen molar-refractivity contribution in [2.75, 3.05) is 18.5 Å².